The van der Waals surface area contributed by atoms with Crippen molar-refractivity contribution in [1.29, 1.82) is 0 Å². The predicted octanol–water partition coefficient (Wildman–Crippen LogP) is 4.16. The number of carbonyl (C=O) groups is 5. The minimum atomic E-state index is -4.44. The maximum Gasteiger partial charge on any atom is 0.407 e. The molecule has 0 unspecified atom stereocenters. The molecule has 2 N–H and O–H groups in total. The van der Waals surface area contributed by atoms with Crippen LogP contribution in [0.15, 0.2) is 36.4 Å². The number of nitrogens with zero attached hydrogens (tertiary/aromatic N) is 5. The minimum absolute atomic E-state index is 0.000682. The van der Waals surface area contributed by atoms with Gasteiger partial charge >= 0.3 is 25.6 Å². The van der Waals surface area contributed by atoms with E-state index in [0.29, 0.717) is 24.5 Å². The van der Waals surface area contributed by atoms with E-state index in [0.717, 1.165) is 38.4 Å². The average Bonchev–Trinajstić information content (AvgIpc) is 3.70. The Morgan fingerprint density at radius 3 is 1.98 bits per heavy atom. The minimum Gasteiger partial charge on any atom is -0.465 e. The zero-order valence-electron chi connectivity index (χ0n) is 34.0. The summed E-state index contributed by atoms with van der Waals surface area (Å²) < 4.78 is 44.7. The monoisotopic (exact) mass is 836 g/mol. The summed E-state index contributed by atoms with van der Waals surface area (Å²) in [5.41, 5.74) is 0.529. The lowest BCUT2D eigenvalue weighted by Crippen LogP contribution is -2.56. The molecule has 0 bridgehead atoms. The summed E-state index contributed by atoms with van der Waals surface area (Å²) in [6.45, 7) is 7.90. The Morgan fingerprint density at radius 1 is 0.879 bits per heavy atom. The van der Waals surface area contributed by atoms with Gasteiger partial charge in [-0.25, -0.2) is 14.8 Å². The summed E-state index contributed by atoms with van der Waals surface area (Å²) in [6, 6.07) is 8.87. The molecule has 322 valence electrons. The Balaban J connectivity index is 0.000000891. The van der Waals surface area contributed by atoms with Crippen LogP contribution in [0.2, 0.25) is 0 Å². The van der Waals surface area contributed by atoms with Crippen molar-refractivity contribution in [3.63, 3.8) is 0 Å². The van der Waals surface area contributed by atoms with E-state index < -0.39 is 63.2 Å². The van der Waals surface area contributed by atoms with Crippen LogP contribution in [0.4, 0.5) is 10.6 Å². The largest absolute Gasteiger partial charge is 0.465 e. The van der Waals surface area contributed by atoms with Crippen molar-refractivity contribution in [2.75, 3.05) is 84.2 Å². The summed E-state index contributed by atoms with van der Waals surface area (Å²) >= 11 is 0. The molecule has 1 aromatic carbocycles. The summed E-state index contributed by atoms with van der Waals surface area (Å²) in [6.07, 6.45) is 3.69. The van der Waals surface area contributed by atoms with Gasteiger partial charge in [0.05, 0.1) is 12.3 Å². The molecule has 3 heterocycles. The number of aromatic nitrogens is 2. The molecular weight excluding hydrogens is 779 g/mol. The first-order valence-electron chi connectivity index (χ1n) is 19.3. The van der Waals surface area contributed by atoms with Gasteiger partial charge in [0.2, 0.25) is 19.5 Å². The van der Waals surface area contributed by atoms with Gasteiger partial charge in [0.25, 0.3) is 5.91 Å². The van der Waals surface area contributed by atoms with Crippen LogP contribution in [0.5, 0.6) is 0 Å². The molecule has 0 radical (unpaired) electrons. The lowest BCUT2D eigenvalue weighted by Gasteiger charge is -2.35. The number of hydrogen-bond donors (Lipinski definition) is 2. The van der Waals surface area contributed by atoms with Crippen molar-refractivity contribution in [1.82, 2.24) is 25.1 Å². The lowest BCUT2D eigenvalue weighted by atomic mass is 10.2. The number of methoxy groups -OCH3 is 1. The molecule has 19 nitrogen and oxygen atoms in total. The highest BCUT2D eigenvalue weighted by atomic mass is 31.2. The number of rotatable bonds is 20. The van der Waals surface area contributed by atoms with Crippen LogP contribution in [-0.4, -0.2) is 146 Å². The van der Waals surface area contributed by atoms with E-state index in [1.54, 1.807) is 31.4 Å². The summed E-state index contributed by atoms with van der Waals surface area (Å²) in [5.74, 6) is -2.36. The molecule has 2 fully saturated rings. The van der Waals surface area contributed by atoms with Crippen molar-refractivity contribution in [2.24, 2.45) is 0 Å². The quantitative estimate of drug-likeness (QED) is 0.0826. The van der Waals surface area contributed by atoms with Crippen LogP contribution in [0.1, 0.15) is 70.3 Å². The van der Waals surface area contributed by atoms with E-state index in [9.17, 15) is 33.6 Å². The van der Waals surface area contributed by atoms with Crippen molar-refractivity contribution >= 4 is 43.3 Å². The van der Waals surface area contributed by atoms with Crippen LogP contribution in [0, 0.1) is 0 Å². The molecule has 0 aliphatic carbocycles. The van der Waals surface area contributed by atoms with Gasteiger partial charge < -0.3 is 44.1 Å². The van der Waals surface area contributed by atoms with Gasteiger partial charge in [-0.1, -0.05) is 57.0 Å². The average molecular weight is 837 g/mol. The predicted molar refractivity (Wildman–Crippen MR) is 211 cm³/mol. The van der Waals surface area contributed by atoms with E-state index in [2.05, 4.69) is 29.1 Å². The number of amides is 3. The molecule has 4 rings (SSSR count). The Labute approximate surface area is 339 Å². The van der Waals surface area contributed by atoms with E-state index in [1.807, 2.05) is 11.0 Å². The van der Waals surface area contributed by atoms with Crippen molar-refractivity contribution in [3.05, 3.63) is 42.1 Å². The highest BCUT2D eigenvalue weighted by molar-refractivity contribution is 7.54. The van der Waals surface area contributed by atoms with Crippen LogP contribution < -0.4 is 10.2 Å². The lowest BCUT2D eigenvalue weighted by molar-refractivity contribution is -0.149. The van der Waals surface area contributed by atoms with Gasteiger partial charge in [0.15, 0.2) is 5.82 Å². The summed E-state index contributed by atoms with van der Waals surface area (Å²) in [4.78, 5) is 75.5. The molecule has 2 saturated heterocycles. The topological polar surface area (TPSA) is 226 Å². The second-order valence-corrected chi connectivity index (χ2v) is 15.5. The van der Waals surface area contributed by atoms with Gasteiger partial charge in [-0.3, -0.25) is 32.8 Å². The van der Waals surface area contributed by atoms with E-state index in [-0.39, 0.29) is 43.8 Å². The fourth-order valence-electron chi connectivity index (χ4n) is 5.65. The fraction of sp³-hybridized carbons (Fsp3) is 0.605. The van der Waals surface area contributed by atoms with Crippen LogP contribution in [0.25, 0.3) is 11.4 Å². The molecule has 58 heavy (non-hydrogen) atoms. The van der Waals surface area contributed by atoms with E-state index in [1.165, 1.54) is 36.6 Å². The molecule has 1 aromatic heterocycles. The number of hydrogen-bond acceptors (Lipinski definition) is 15. The maximum absolute atomic E-state index is 13.9. The van der Waals surface area contributed by atoms with Gasteiger partial charge in [-0.15, -0.1) is 0 Å². The number of unbranched alkanes of at least 4 members (excludes halogenated alkanes) is 2. The zero-order valence-corrected chi connectivity index (χ0v) is 34.9. The van der Waals surface area contributed by atoms with Gasteiger partial charge in [0.1, 0.15) is 17.6 Å². The number of ether oxygens (including phenoxy) is 4. The normalized spacial score (nSPS) is 15.9. The number of nitrogens with one attached hydrogen (secondary N) is 1. The molecule has 2 aliphatic heterocycles. The number of esters is 2. The Bertz CT molecular complexity index is 1650. The zero-order chi connectivity index (χ0) is 42.5. The third-order valence-corrected chi connectivity index (χ3v) is 10.8. The number of piperazine rings is 1. The highest BCUT2D eigenvalue weighted by Gasteiger charge is 2.38. The first-order chi connectivity index (χ1) is 27.8. The van der Waals surface area contributed by atoms with E-state index in [4.69, 9.17) is 28.0 Å². The second kappa shape index (κ2) is 24.9. The van der Waals surface area contributed by atoms with Gasteiger partial charge in [-0.05, 0) is 19.3 Å². The summed E-state index contributed by atoms with van der Waals surface area (Å²) in [5, 5.41) is 11.9. The van der Waals surface area contributed by atoms with Crippen LogP contribution in [0.3, 0.4) is 0 Å². The maximum atomic E-state index is 13.9. The number of benzene rings is 1. The molecule has 2 aromatic rings. The standard InChI is InChI=1S/C30H39N6O12P.C8H18O/c1-20(37)45-18-47-49(43,48-19-46-21(2)38)17-25(29(40)34-11-13-35(14-12-34)30(41)42)32-28(39)24-15-26(36-10-9-23(16-36)44-3)33-27(31-24)22-7-5-4-6-8-22;1-3-5-7-9-8-6-4-2/h4-8,15,23,25H,9-14,16-19H2,1-3H3,(H,32,39)(H,41,42);3-8H2,1-2H3/t23-,25-;/m0./s1. The molecule has 3 amide bonds. The molecule has 0 spiro atoms. The summed E-state index contributed by atoms with van der Waals surface area (Å²) in [7, 11) is -2.82. The SMILES string of the molecule is CCCCOCCCC.CO[C@H]1CCN(c2cc(C(=O)N[C@@H](CP(=O)(OCOC(C)=O)OCOC(C)=O)C(=O)N3CCN(C(=O)O)CC3)nc(-c3ccccc3)n2)C1. The second-order valence-electron chi connectivity index (χ2n) is 13.4. The van der Waals surface area contributed by atoms with Crippen molar-refractivity contribution in [3.8, 4) is 11.4 Å². The van der Waals surface area contributed by atoms with Crippen LogP contribution >= 0.6 is 7.60 Å². The van der Waals surface area contributed by atoms with Crippen LogP contribution in [-0.2, 0) is 46.9 Å². The third-order valence-electron chi connectivity index (χ3n) is 8.96. The number of anilines is 1. The number of carboxylic acid groups (broad SMARTS) is 1. The van der Waals surface area contributed by atoms with Gasteiger partial charge in [-0.2, -0.15) is 0 Å². The Kier molecular flexibility index (Phi) is 20.5. The van der Waals surface area contributed by atoms with Crippen molar-refractivity contribution in [2.45, 2.75) is 71.9 Å². The van der Waals surface area contributed by atoms with E-state index >= 15 is 0 Å². The first kappa shape index (κ1) is 47.7. The molecule has 20 heteroatoms. The molecule has 2 atom stereocenters. The highest BCUT2D eigenvalue weighted by Crippen LogP contribution is 2.49. The first-order valence-corrected chi connectivity index (χ1v) is 21.0. The fourth-order valence-corrected chi connectivity index (χ4v) is 7.06. The molecular formula is C38H57N6O13P. The molecule has 2 aliphatic rings. The molecule has 0 saturated carbocycles. The van der Waals surface area contributed by atoms with Crippen molar-refractivity contribution < 1.29 is 61.6 Å². The third kappa shape index (κ3) is 16.3. The Morgan fingerprint density at radius 2 is 1.47 bits per heavy atom. The Hall–Kier alpha value is -4.68. The van der Waals surface area contributed by atoms with Gasteiger partial charge in [0, 0.05) is 85.1 Å². The number of carbonyl (C=O) groups excluding carboxylic acids is 4. The smallest absolute Gasteiger partial charge is 0.407 e.